The van der Waals surface area contributed by atoms with Crippen molar-refractivity contribution in [1.82, 2.24) is 4.68 Å². The molecule has 1 unspecified atom stereocenters. The number of aromatic carboxylic acids is 1. The molecular formula is C22H25ClN2O5. The van der Waals surface area contributed by atoms with Crippen molar-refractivity contribution >= 4 is 17.6 Å². The lowest BCUT2D eigenvalue weighted by Gasteiger charge is -2.44. The molecule has 1 atom stereocenters. The van der Waals surface area contributed by atoms with Crippen molar-refractivity contribution < 1.29 is 19.4 Å². The number of ether oxygens (including phenoxy) is 2. The number of nitrogens with zero attached hydrogens (tertiary/aromatic N) is 2. The quantitative estimate of drug-likeness (QED) is 0.698. The zero-order valence-corrected chi connectivity index (χ0v) is 18.0. The highest BCUT2D eigenvalue weighted by Crippen LogP contribution is 2.49. The lowest BCUT2D eigenvalue weighted by atomic mass is 9.94. The molecule has 2 aliphatic heterocycles. The van der Waals surface area contributed by atoms with E-state index in [1.165, 1.54) is 12.3 Å². The third-order valence-electron chi connectivity index (χ3n) is 5.93. The molecule has 1 saturated heterocycles. The van der Waals surface area contributed by atoms with Gasteiger partial charge in [-0.2, -0.15) is 0 Å². The molecule has 1 fully saturated rings. The molecule has 0 bridgehead atoms. The van der Waals surface area contributed by atoms with Gasteiger partial charge in [0.15, 0.2) is 5.43 Å². The Morgan fingerprint density at radius 2 is 2.07 bits per heavy atom. The number of carbonyl (C=O) groups is 1. The van der Waals surface area contributed by atoms with E-state index in [4.69, 9.17) is 21.1 Å². The molecule has 3 heterocycles. The number of carboxylic acid groups (broad SMARTS) is 1. The first-order valence-corrected chi connectivity index (χ1v) is 10.4. The minimum absolute atomic E-state index is 0.0326. The average Bonchev–Trinajstić information content (AvgIpc) is 3.01. The van der Waals surface area contributed by atoms with Gasteiger partial charge in [0.25, 0.3) is 0 Å². The normalized spacial score (nSPS) is 18.5. The van der Waals surface area contributed by atoms with E-state index in [1.807, 2.05) is 16.8 Å². The standard InChI is InChI=1S/C22H25ClN2O5/c1-22(2)6-5-17-14-10-20(30-8-4-7-29-3)16(23)9-13(14)18-11-19(26)15(21(27)28)12-24(18)25(17)22/h9-12,17H,4-8H2,1-3H3,(H,27,28). The summed E-state index contributed by atoms with van der Waals surface area (Å²) < 4.78 is 12.8. The first-order chi connectivity index (χ1) is 14.2. The van der Waals surface area contributed by atoms with Crippen LogP contribution in [0.1, 0.15) is 55.1 Å². The van der Waals surface area contributed by atoms with Crippen molar-refractivity contribution in [3.8, 4) is 17.0 Å². The molecular weight excluding hydrogens is 408 g/mol. The number of benzene rings is 1. The third-order valence-corrected chi connectivity index (χ3v) is 6.22. The maximum Gasteiger partial charge on any atom is 0.341 e. The number of rotatable bonds is 6. The van der Waals surface area contributed by atoms with Crippen molar-refractivity contribution in [3.63, 3.8) is 0 Å². The van der Waals surface area contributed by atoms with Crippen LogP contribution in [0.4, 0.5) is 0 Å². The number of fused-ring (bicyclic) bond motifs is 6. The molecule has 0 saturated carbocycles. The molecule has 7 nitrogen and oxygen atoms in total. The number of aromatic nitrogens is 1. The molecule has 0 radical (unpaired) electrons. The topological polar surface area (TPSA) is 81.0 Å². The summed E-state index contributed by atoms with van der Waals surface area (Å²) in [4.78, 5) is 24.0. The van der Waals surface area contributed by atoms with E-state index >= 15 is 0 Å². The zero-order valence-electron chi connectivity index (χ0n) is 17.3. The smallest absolute Gasteiger partial charge is 0.341 e. The summed E-state index contributed by atoms with van der Waals surface area (Å²) >= 11 is 6.51. The van der Waals surface area contributed by atoms with Crippen molar-refractivity contribution in [2.45, 2.75) is 44.7 Å². The second-order valence-electron chi connectivity index (χ2n) is 8.36. The molecule has 2 aliphatic rings. The highest BCUT2D eigenvalue weighted by atomic mass is 35.5. The van der Waals surface area contributed by atoms with Crippen molar-refractivity contribution in [2.75, 3.05) is 25.3 Å². The molecule has 0 aliphatic carbocycles. The van der Waals surface area contributed by atoms with Gasteiger partial charge in [0.1, 0.15) is 11.3 Å². The molecule has 30 heavy (non-hydrogen) atoms. The predicted octanol–water partition coefficient (Wildman–Crippen LogP) is 3.85. The fraction of sp³-hybridized carbons (Fsp3) is 0.455. The van der Waals surface area contributed by atoms with E-state index in [-0.39, 0.29) is 17.1 Å². The molecule has 0 spiro atoms. The highest BCUT2D eigenvalue weighted by molar-refractivity contribution is 6.32. The van der Waals surface area contributed by atoms with Crippen molar-refractivity contribution in [3.05, 3.63) is 50.8 Å². The first kappa shape index (κ1) is 20.8. The molecule has 1 N–H and O–H groups in total. The molecule has 2 aromatic rings. The predicted molar refractivity (Wildman–Crippen MR) is 114 cm³/mol. The summed E-state index contributed by atoms with van der Waals surface area (Å²) in [7, 11) is 1.65. The summed E-state index contributed by atoms with van der Waals surface area (Å²) in [6, 6.07) is 5.20. The van der Waals surface area contributed by atoms with Crippen molar-refractivity contribution in [1.29, 1.82) is 0 Å². The lowest BCUT2D eigenvalue weighted by Crippen LogP contribution is -2.50. The largest absolute Gasteiger partial charge is 0.492 e. The monoisotopic (exact) mass is 432 g/mol. The lowest BCUT2D eigenvalue weighted by molar-refractivity contribution is 0.0694. The van der Waals surface area contributed by atoms with Crippen LogP contribution in [0.3, 0.4) is 0 Å². The first-order valence-electron chi connectivity index (χ1n) is 10.00. The SMILES string of the molecule is COCCCOc1cc2c(cc1Cl)-c1cc(=O)c(C(=O)O)cn1N1C2CCC1(C)C. The van der Waals surface area contributed by atoms with Crippen LogP contribution in [-0.2, 0) is 4.74 Å². The summed E-state index contributed by atoms with van der Waals surface area (Å²) in [6.07, 6.45) is 4.02. The van der Waals surface area contributed by atoms with Gasteiger partial charge in [-0.1, -0.05) is 11.6 Å². The summed E-state index contributed by atoms with van der Waals surface area (Å²) in [5, 5.41) is 12.1. The molecule has 160 valence electrons. The number of halogens is 1. The number of carboxylic acids is 1. The van der Waals surface area contributed by atoms with E-state index < -0.39 is 11.4 Å². The van der Waals surface area contributed by atoms with Gasteiger partial charge < -0.3 is 14.6 Å². The second-order valence-corrected chi connectivity index (χ2v) is 8.77. The van der Waals surface area contributed by atoms with Gasteiger partial charge in [-0.15, -0.1) is 0 Å². The molecule has 1 aromatic heterocycles. The number of hydrogen-bond donors (Lipinski definition) is 1. The summed E-state index contributed by atoms with van der Waals surface area (Å²) in [5.41, 5.74) is 1.53. The Morgan fingerprint density at radius 1 is 1.30 bits per heavy atom. The van der Waals surface area contributed by atoms with Crippen LogP contribution in [0.25, 0.3) is 11.3 Å². The van der Waals surface area contributed by atoms with Crippen LogP contribution in [0.2, 0.25) is 5.02 Å². The Hall–Kier alpha value is -2.51. The van der Waals surface area contributed by atoms with E-state index in [9.17, 15) is 14.7 Å². The van der Waals surface area contributed by atoms with Gasteiger partial charge in [0, 0.05) is 38.0 Å². The summed E-state index contributed by atoms with van der Waals surface area (Å²) in [6.45, 7) is 5.34. The van der Waals surface area contributed by atoms with Crippen LogP contribution >= 0.6 is 11.6 Å². The van der Waals surface area contributed by atoms with Gasteiger partial charge in [-0.3, -0.25) is 14.5 Å². The minimum Gasteiger partial charge on any atom is -0.492 e. The molecule has 0 amide bonds. The second kappa shape index (κ2) is 7.63. The van der Waals surface area contributed by atoms with Crippen LogP contribution in [0.15, 0.2) is 29.2 Å². The fourth-order valence-electron chi connectivity index (χ4n) is 4.50. The molecule has 4 rings (SSSR count). The maximum absolute atomic E-state index is 12.5. The molecule has 8 heteroatoms. The van der Waals surface area contributed by atoms with Gasteiger partial charge in [0.05, 0.1) is 28.9 Å². The van der Waals surface area contributed by atoms with Crippen molar-refractivity contribution in [2.24, 2.45) is 0 Å². The van der Waals surface area contributed by atoms with Gasteiger partial charge >= 0.3 is 5.97 Å². The maximum atomic E-state index is 12.5. The Labute approximate surface area is 179 Å². The van der Waals surface area contributed by atoms with Crippen LogP contribution in [-0.4, -0.2) is 41.6 Å². The van der Waals surface area contributed by atoms with E-state index in [0.29, 0.717) is 29.7 Å². The van der Waals surface area contributed by atoms with E-state index in [0.717, 1.165) is 30.4 Å². The third kappa shape index (κ3) is 3.36. The van der Waals surface area contributed by atoms with E-state index in [2.05, 4.69) is 18.9 Å². The Balaban J connectivity index is 1.86. The Morgan fingerprint density at radius 3 is 2.77 bits per heavy atom. The van der Waals surface area contributed by atoms with Crippen LogP contribution in [0.5, 0.6) is 5.75 Å². The van der Waals surface area contributed by atoms with Gasteiger partial charge in [-0.05, 0) is 44.4 Å². The van der Waals surface area contributed by atoms with Gasteiger partial charge in [0.2, 0.25) is 0 Å². The molecule has 1 aromatic carbocycles. The average molecular weight is 433 g/mol. The highest BCUT2D eigenvalue weighted by Gasteiger charge is 2.45. The summed E-state index contributed by atoms with van der Waals surface area (Å²) in [5.74, 6) is -0.624. The number of hydrogen-bond acceptors (Lipinski definition) is 5. The fourth-order valence-corrected chi connectivity index (χ4v) is 4.72. The van der Waals surface area contributed by atoms with Gasteiger partial charge in [-0.25, -0.2) is 4.79 Å². The number of pyridine rings is 1. The Bertz CT molecular complexity index is 1060. The van der Waals surface area contributed by atoms with E-state index in [1.54, 1.807) is 7.11 Å². The minimum atomic E-state index is -1.23. The number of methoxy groups -OCH3 is 1. The zero-order chi connectivity index (χ0) is 21.6. The Kier molecular flexibility index (Phi) is 5.28. The van der Waals surface area contributed by atoms with Crippen LogP contribution < -0.4 is 15.2 Å². The van der Waals surface area contributed by atoms with Crippen LogP contribution in [0, 0.1) is 0 Å².